The van der Waals surface area contributed by atoms with Gasteiger partial charge in [-0.2, -0.15) is 0 Å². The Balaban J connectivity index is 2.25. The molecule has 6 nitrogen and oxygen atoms in total. The predicted molar refractivity (Wildman–Crippen MR) is 58.6 cm³/mol. The molecule has 1 aromatic heterocycles. The van der Waals surface area contributed by atoms with Crippen molar-refractivity contribution in [1.29, 1.82) is 0 Å². The highest BCUT2D eigenvalue weighted by atomic mass is 16.5. The van der Waals surface area contributed by atoms with Crippen molar-refractivity contribution in [3.63, 3.8) is 0 Å². The van der Waals surface area contributed by atoms with Crippen LogP contribution in [0.2, 0.25) is 0 Å². The van der Waals surface area contributed by atoms with Crippen LogP contribution in [0.15, 0.2) is 16.5 Å². The van der Waals surface area contributed by atoms with E-state index < -0.39 is 11.9 Å². The zero-order valence-corrected chi connectivity index (χ0v) is 9.56. The zero-order valence-electron chi connectivity index (χ0n) is 9.56. The molecule has 2 N–H and O–H groups in total. The summed E-state index contributed by atoms with van der Waals surface area (Å²) in [5.74, 6) is -0.546. The number of ether oxygens (including phenoxy) is 1. The van der Waals surface area contributed by atoms with Crippen LogP contribution in [-0.2, 0) is 16.1 Å². The number of rotatable bonds is 7. The SMILES string of the molecule is COC(=O)c1ccc(CNCCCC(=O)O)o1. The van der Waals surface area contributed by atoms with E-state index in [1.54, 1.807) is 12.1 Å². The Bertz CT molecular complexity index is 385. The summed E-state index contributed by atoms with van der Waals surface area (Å²) in [4.78, 5) is 21.3. The van der Waals surface area contributed by atoms with Gasteiger partial charge in [-0.3, -0.25) is 4.79 Å². The van der Waals surface area contributed by atoms with Crippen molar-refractivity contribution in [2.75, 3.05) is 13.7 Å². The molecule has 0 spiro atoms. The fourth-order valence-electron chi connectivity index (χ4n) is 1.26. The van der Waals surface area contributed by atoms with Gasteiger partial charge in [0.1, 0.15) is 5.76 Å². The minimum atomic E-state index is -0.808. The van der Waals surface area contributed by atoms with Gasteiger partial charge in [0.15, 0.2) is 0 Å². The Morgan fingerprint density at radius 2 is 2.24 bits per heavy atom. The Morgan fingerprint density at radius 1 is 1.47 bits per heavy atom. The van der Waals surface area contributed by atoms with Crippen molar-refractivity contribution < 1.29 is 23.8 Å². The molecule has 0 aliphatic carbocycles. The summed E-state index contributed by atoms with van der Waals surface area (Å²) in [6.45, 7) is 1.04. The number of carboxylic acid groups (broad SMARTS) is 1. The van der Waals surface area contributed by atoms with E-state index in [4.69, 9.17) is 9.52 Å². The molecule has 0 amide bonds. The van der Waals surface area contributed by atoms with Gasteiger partial charge in [0.25, 0.3) is 0 Å². The van der Waals surface area contributed by atoms with E-state index in [0.717, 1.165) is 0 Å². The average Bonchev–Trinajstić information content (AvgIpc) is 2.76. The quantitative estimate of drug-likeness (QED) is 0.547. The van der Waals surface area contributed by atoms with Crippen molar-refractivity contribution in [3.8, 4) is 0 Å². The van der Waals surface area contributed by atoms with E-state index in [9.17, 15) is 9.59 Å². The first-order chi connectivity index (χ1) is 8.13. The number of carbonyl (C=O) groups is 2. The number of hydrogen-bond acceptors (Lipinski definition) is 5. The topological polar surface area (TPSA) is 88.8 Å². The minimum Gasteiger partial charge on any atom is -0.481 e. The molecule has 0 unspecified atom stereocenters. The second-order valence-corrected chi connectivity index (χ2v) is 3.43. The van der Waals surface area contributed by atoms with Gasteiger partial charge < -0.3 is 19.6 Å². The van der Waals surface area contributed by atoms with Crippen LogP contribution in [0, 0.1) is 0 Å². The van der Waals surface area contributed by atoms with Gasteiger partial charge >= 0.3 is 11.9 Å². The molecule has 0 radical (unpaired) electrons. The molecule has 17 heavy (non-hydrogen) atoms. The molecule has 1 heterocycles. The molecule has 6 heteroatoms. The molecule has 0 aliphatic rings. The molecule has 0 aliphatic heterocycles. The van der Waals surface area contributed by atoms with E-state index in [1.807, 2.05) is 0 Å². The summed E-state index contributed by atoms with van der Waals surface area (Å²) < 4.78 is 9.71. The van der Waals surface area contributed by atoms with Crippen molar-refractivity contribution in [3.05, 3.63) is 23.7 Å². The van der Waals surface area contributed by atoms with Gasteiger partial charge in [0.2, 0.25) is 5.76 Å². The third-order valence-electron chi connectivity index (χ3n) is 2.09. The minimum absolute atomic E-state index is 0.137. The largest absolute Gasteiger partial charge is 0.481 e. The Morgan fingerprint density at radius 3 is 2.88 bits per heavy atom. The second kappa shape index (κ2) is 6.70. The molecular weight excluding hydrogens is 226 g/mol. The highest BCUT2D eigenvalue weighted by molar-refractivity contribution is 5.86. The fraction of sp³-hybridized carbons (Fsp3) is 0.455. The van der Waals surface area contributed by atoms with Crippen LogP contribution in [0.5, 0.6) is 0 Å². The van der Waals surface area contributed by atoms with Gasteiger partial charge in [0.05, 0.1) is 13.7 Å². The first-order valence-corrected chi connectivity index (χ1v) is 5.23. The Hall–Kier alpha value is -1.82. The third kappa shape index (κ3) is 4.69. The van der Waals surface area contributed by atoms with Gasteiger partial charge in [-0.25, -0.2) is 4.79 Å². The van der Waals surface area contributed by atoms with E-state index >= 15 is 0 Å². The van der Waals surface area contributed by atoms with Gasteiger partial charge in [-0.15, -0.1) is 0 Å². The van der Waals surface area contributed by atoms with Crippen molar-refractivity contribution in [2.45, 2.75) is 19.4 Å². The van der Waals surface area contributed by atoms with E-state index in [1.165, 1.54) is 7.11 Å². The standard InChI is InChI=1S/C11H15NO5/c1-16-11(15)9-5-4-8(17-9)7-12-6-2-3-10(13)14/h4-5,12H,2-3,6-7H2,1H3,(H,13,14). The summed E-state index contributed by atoms with van der Waals surface area (Å²) in [6, 6.07) is 3.22. The number of aliphatic carboxylic acids is 1. The first-order valence-electron chi connectivity index (χ1n) is 5.23. The van der Waals surface area contributed by atoms with Crippen LogP contribution < -0.4 is 5.32 Å². The molecule has 0 saturated carbocycles. The fourth-order valence-corrected chi connectivity index (χ4v) is 1.26. The maximum absolute atomic E-state index is 11.1. The molecular formula is C11H15NO5. The van der Waals surface area contributed by atoms with Gasteiger partial charge in [-0.05, 0) is 25.1 Å². The van der Waals surface area contributed by atoms with Crippen LogP contribution in [0.1, 0.15) is 29.2 Å². The maximum atomic E-state index is 11.1. The number of carboxylic acids is 1. The number of esters is 1. The number of methoxy groups -OCH3 is 1. The number of hydrogen-bond donors (Lipinski definition) is 2. The molecule has 0 aromatic carbocycles. The summed E-state index contributed by atoms with van der Waals surface area (Å²) in [5.41, 5.74) is 0. The van der Waals surface area contributed by atoms with E-state index in [-0.39, 0.29) is 12.2 Å². The Labute approximate surface area is 98.6 Å². The highest BCUT2D eigenvalue weighted by Gasteiger charge is 2.10. The number of furan rings is 1. The van der Waals surface area contributed by atoms with Crippen LogP contribution in [0.25, 0.3) is 0 Å². The lowest BCUT2D eigenvalue weighted by molar-refractivity contribution is -0.137. The lowest BCUT2D eigenvalue weighted by Crippen LogP contribution is -2.15. The Kier molecular flexibility index (Phi) is 5.22. The van der Waals surface area contributed by atoms with E-state index in [2.05, 4.69) is 10.1 Å². The lowest BCUT2D eigenvalue weighted by atomic mass is 10.3. The second-order valence-electron chi connectivity index (χ2n) is 3.43. The number of carbonyl (C=O) groups excluding carboxylic acids is 1. The molecule has 1 aromatic rings. The third-order valence-corrected chi connectivity index (χ3v) is 2.09. The van der Waals surface area contributed by atoms with Gasteiger partial charge in [0, 0.05) is 6.42 Å². The van der Waals surface area contributed by atoms with E-state index in [0.29, 0.717) is 25.3 Å². The zero-order chi connectivity index (χ0) is 12.7. The van der Waals surface area contributed by atoms with Crippen LogP contribution in [0.3, 0.4) is 0 Å². The van der Waals surface area contributed by atoms with Crippen LogP contribution in [0.4, 0.5) is 0 Å². The van der Waals surface area contributed by atoms with Crippen molar-refractivity contribution >= 4 is 11.9 Å². The molecule has 0 atom stereocenters. The van der Waals surface area contributed by atoms with Crippen molar-refractivity contribution in [1.82, 2.24) is 5.32 Å². The molecule has 0 saturated heterocycles. The lowest BCUT2D eigenvalue weighted by Gasteiger charge is -2.00. The maximum Gasteiger partial charge on any atom is 0.373 e. The molecule has 0 fully saturated rings. The smallest absolute Gasteiger partial charge is 0.373 e. The molecule has 94 valence electrons. The average molecular weight is 241 g/mol. The molecule has 0 bridgehead atoms. The molecule has 1 rings (SSSR count). The highest BCUT2D eigenvalue weighted by Crippen LogP contribution is 2.08. The van der Waals surface area contributed by atoms with Crippen LogP contribution >= 0.6 is 0 Å². The van der Waals surface area contributed by atoms with Crippen molar-refractivity contribution in [2.24, 2.45) is 0 Å². The van der Waals surface area contributed by atoms with Crippen LogP contribution in [-0.4, -0.2) is 30.7 Å². The summed E-state index contributed by atoms with van der Waals surface area (Å²) >= 11 is 0. The summed E-state index contributed by atoms with van der Waals surface area (Å²) in [7, 11) is 1.29. The monoisotopic (exact) mass is 241 g/mol. The predicted octanol–water partition coefficient (Wildman–Crippen LogP) is 1.02. The summed E-state index contributed by atoms with van der Waals surface area (Å²) in [5, 5.41) is 11.4. The normalized spacial score (nSPS) is 10.2. The first kappa shape index (κ1) is 13.2. The van der Waals surface area contributed by atoms with Gasteiger partial charge in [-0.1, -0.05) is 0 Å². The number of nitrogens with one attached hydrogen (secondary N) is 1. The summed E-state index contributed by atoms with van der Waals surface area (Å²) in [6.07, 6.45) is 0.693.